The van der Waals surface area contributed by atoms with Gasteiger partial charge in [0.05, 0.1) is 0 Å². The molecule has 2 saturated heterocycles. The Morgan fingerprint density at radius 2 is 2.40 bits per heavy atom. The molecule has 20 heavy (non-hydrogen) atoms. The maximum atomic E-state index is 6.29. The van der Waals surface area contributed by atoms with Crippen LogP contribution in [0.2, 0.25) is 0 Å². The van der Waals surface area contributed by atoms with Crippen LogP contribution in [0.3, 0.4) is 0 Å². The lowest BCUT2D eigenvalue weighted by Crippen LogP contribution is -2.64. The second-order valence-corrected chi connectivity index (χ2v) is 6.01. The fraction of sp³-hybridized carbons (Fsp3) is 0.588. The number of nitrogens with zero attached hydrogens (tertiary/aromatic N) is 1. The number of allylic oxidation sites excluding steroid dienone is 3. The molecule has 1 N–H and O–H groups in total. The van der Waals surface area contributed by atoms with Gasteiger partial charge in [-0.3, -0.25) is 10.3 Å². The topological polar surface area (TPSA) is 33.6 Å². The maximum absolute atomic E-state index is 6.29. The molecule has 4 aliphatic heterocycles. The van der Waals surface area contributed by atoms with Gasteiger partial charge in [0.2, 0.25) is 0 Å². The second-order valence-electron chi connectivity index (χ2n) is 6.01. The number of aliphatic imine (C=N–C) groups is 1. The lowest BCUT2D eigenvalue weighted by molar-refractivity contribution is -0.0739. The zero-order chi connectivity index (χ0) is 14.3. The van der Waals surface area contributed by atoms with Crippen LogP contribution in [0.5, 0.6) is 0 Å². The van der Waals surface area contributed by atoms with E-state index in [0.29, 0.717) is 11.8 Å². The van der Waals surface area contributed by atoms with E-state index in [4.69, 9.17) is 9.73 Å². The fourth-order valence-corrected chi connectivity index (χ4v) is 3.91. The number of ether oxygens (including phenoxy) is 1. The average molecular weight is 272 g/mol. The van der Waals surface area contributed by atoms with Crippen LogP contribution in [0, 0.1) is 11.8 Å². The van der Waals surface area contributed by atoms with Crippen LogP contribution < -0.4 is 5.32 Å². The quantitative estimate of drug-likeness (QED) is 0.618. The summed E-state index contributed by atoms with van der Waals surface area (Å²) in [5.74, 6) is 1.93. The van der Waals surface area contributed by atoms with Crippen LogP contribution in [0.15, 0.2) is 40.6 Å². The zero-order valence-corrected chi connectivity index (χ0v) is 12.6. The first kappa shape index (κ1) is 13.6. The first-order chi connectivity index (χ1) is 9.64. The van der Waals surface area contributed by atoms with Crippen molar-refractivity contribution in [3.8, 4) is 0 Å². The van der Waals surface area contributed by atoms with Crippen molar-refractivity contribution in [2.45, 2.75) is 45.4 Å². The summed E-state index contributed by atoms with van der Waals surface area (Å²) in [5.41, 5.74) is 2.24. The minimum absolute atomic E-state index is 0.139. The molecule has 1 saturated carbocycles. The van der Waals surface area contributed by atoms with E-state index < -0.39 is 0 Å². The Balaban J connectivity index is 2.01. The molecule has 0 aromatic heterocycles. The van der Waals surface area contributed by atoms with Gasteiger partial charge in [-0.25, -0.2) is 0 Å². The van der Waals surface area contributed by atoms with Crippen molar-refractivity contribution in [1.82, 2.24) is 5.32 Å². The smallest absolute Gasteiger partial charge is 0.154 e. The summed E-state index contributed by atoms with van der Waals surface area (Å²) in [7, 11) is 0. The van der Waals surface area contributed by atoms with Gasteiger partial charge in [0, 0.05) is 24.6 Å². The Hall–Kier alpha value is -1.35. The van der Waals surface area contributed by atoms with Gasteiger partial charge in [-0.05, 0) is 38.3 Å². The van der Waals surface area contributed by atoms with Crippen molar-refractivity contribution in [2.24, 2.45) is 16.8 Å². The molecule has 5 rings (SSSR count). The third-order valence-corrected chi connectivity index (χ3v) is 4.86. The molecule has 0 aromatic rings. The highest BCUT2D eigenvalue weighted by Crippen LogP contribution is 2.56. The number of nitrogens with one attached hydrogen (secondary N) is 1. The van der Waals surface area contributed by atoms with Gasteiger partial charge in [-0.2, -0.15) is 0 Å². The molecular formula is C17H24N2O. The number of hydrogen-bond acceptors (Lipinski definition) is 3. The highest BCUT2D eigenvalue weighted by molar-refractivity contribution is 5.58. The van der Waals surface area contributed by atoms with Crippen molar-refractivity contribution < 1.29 is 4.74 Å². The average Bonchev–Trinajstić information content (AvgIpc) is 3.00. The van der Waals surface area contributed by atoms with Gasteiger partial charge in [0.15, 0.2) is 5.66 Å². The lowest BCUT2D eigenvalue weighted by atomic mass is 9.63. The van der Waals surface area contributed by atoms with Gasteiger partial charge >= 0.3 is 0 Å². The zero-order valence-electron chi connectivity index (χ0n) is 12.6. The SMILES string of the molecule is C=C1C/C=C(\C)C2C3CNC2(/N=C/CC)C3O/C1=C/C. The number of hydrogen-bond donors (Lipinski definition) is 1. The normalized spacial score (nSPS) is 44.4. The van der Waals surface area contributed by atoms with E-state index >= 15 is 0 Å². The fourth-order valence-electron chi connectivity index (χ4n) is 3.91. The summed E-state index contributed by atoms with van der Waals surface area (Å²) in [6.45, 7) is 11.5. The molecule has 1 aliphatic carbocycles. The summed E-state index contributed by atoms with van der Waals surface area (Å²) in [6, 6.07) is 0. The molecule has 5 aliphatic rings. The molecule has 3 heteroatoms. The third kappa shape index (κ3) is 1.72. The Bertz CT molecular complexity index is 517. The highest BCUT2D eigenvalue weighted by Gasteiger charge is 2.69. The summed E-state index contributed by atoms with van der Waals surface area (Å²) < 4.78 is 6.29. The summed E-state index contributed by atoms with van der Waals surface area (Å²) in [4.78, 5) is 4.85. The molecule has 4 heterocycles. The minimum Gasteiger partial charge on any atom is -0.486 e. The number of fused-ring (bicyclic) bond motifs is 5. The van der Waals surface area contributed by atoms with E-state index in [1.165, 1.54) is 5.57 Å². The van der Waals surface area contributed by atoms with Crippen LogP contribution >= 0.6 is 0 Å². The Morgan fingerprint density at radius 3 is 3.10 bits per heavy atom. The van der Waals surface area contributed by atoms with Crippen molar-refractivity contribution in [1.29, 1.82) is 0 Å². The molecule has 3 nitrogen and oxygen atoms in total. The van der Waals surface area contributed by atoms with Crippen LogP contribution in [-0.4, -0.2) is 24.5 Å². The van der Waals surface area contributed by atoms with E-state index in [1.807, 2.05) is 19.2 Å². The molecule has 108 valence electrons. The first-order valence-corrected chi connectivity index (χ1v) is 7.60. The molecule has 0 aromatic carbocycles. The molecule has 4 bridgehead atoms. The predicted octanol–water partition coefficient (Wildman–Crippen LogP) is 3.21. The van der Waals surface area contributed by atoms with E-state index in [-0.39, 0.29) is 11.8 Å². The van der Waals surface area contributed by atoms with Crippen LogP contribution in [0.25, 0.3) is 0 Å². The Kier molecular flexibility index (Phi) is 3.33. The predicted molar refractivity (Wildman–Crippen MR) is 82.6 cm³/mol. The lowest BCUT2D eigenvalue weighted by Gasteiger charge is -2.50. The van der Waals surface area contributed by atoms with Gasteiger partial charge in [0.1, 0.15) is 11.9 Å². The maximum Gasteiger partial charge on any atom is 0.154 e. The molecule has 3 fully saturated rings. The monoisotopic (exact) mass is 272 g/mol. The van der Waals surface area contributed by atoms with Crippen molar-refractivity contribution in [2.75, 3.05) is 6.54 Å². The van der Waals surface area contributed by atoms with Crippen molar-refractivity contribution in [3.63, 3.8) is 0 Å². The summed E-state index contributed by atoms with van der Waals surface area (Å²) >= 11 is 0. The Morgan fingerprint density at radius 1 is 1.60 bits per heavy atom. The van der Waals surface area contributed by atoms with Gasteiger partial charge in [0.25, 0.3) is 0 Å². The molecule has 0 amide bonds. The van der Waals surface area contributed by atoms with Crippen molar-refractivity contribution >= 4 is 6.21 Å². The molecule has 4 unspecified atom stereocenters. The van der Waals surface area contributed by atoms with Gasteiger partial charge in [-0.1, -0.05) is 25.2 Å². The van der Waals surface area contributed by atoms with Crippen molar-refractivity contribution in [3.05, 3.63) is 35.6 Å². The first-order valence-electron chi connectivity index (χ1n) is 7.60. The van der Waals surface area contributed by atoms with E-state index in [1.54, 1.807) is 0 Å². The van der Waals surface area contributed by atoms with Crippen LogP contribution in [0.1, 0.15) is 33.6 Å². The molecule has 0 spiro atoms. The van der Waals surface area contributed by atoms with Crippen LogP contribution in [-0.2, 0) is 4.74 Å². The molecule has 4 atom stereocenters. The second kappa shape index (κ2) is 4.88. The standard InChI is InChI=1S/C17H24N2O/c1-5-9-18-17-15-12(4)8-7-11(3)14(6-2)20-16(17)13(15)10-19-17/h6,8-9,13,15-16,19H,3,5,7,10H2,1-2,4H3/b12-8+,14-6+,18-9+. The Labute approximate surface area is 121 Å². The highest BCUT2D eigenvalue weighted by atomic mass is 16.5. The third-order valence-electron chi connectivity index (χ3n) is 4.86. The summed E-state index contributed by atoms with van der Waals surface area (Å²) in [5, 5.41) is 3.61. The van der Waals surface area contributed by atoms with Gasteiger partial charge < -0.3 is 4.74 Å². The number of rotatable bonds is 2. The van der Waals surface area contributed by atoms with E-state index in [0.717, 1.165) is 30.7 Å². The minimum atomic E-state index is -0.250. The van der Waals surface area contributed by atoms with E-state index in [9.17, 15) is 0 Å². The molecule has 0 radical (unpaired) electrons. The molecular weight excluding hydrogens is 248 g/mol. The van der Waals surface area contributed by atoms with Gasteiger partial charge in [-0.15, -0.1) is 0 Å². The summed E-state index contributed by atoms with van der Waals surface area (Å²) in [6.07, 6.45) is 8.32. The van der Waals surface area contributed by atoms with E-state index in [2.05, 4.69) is 31.8 Å². The van der Waals surface area contributed by atoms with Crippen LogP contribution in [0.4, 0.5) is 0 Å². The largest absolute Gasteiger partial charge is 0.486 e.